The highest BCUT2D eigenvalue weighted by Crippen LogP contribution is 2.40. The zero-order valence-corrected chi connectivity index (χ0v) is 29.1. The summed E-state index contributed by atoms with van der Waals surface area (Å²) in [7, 11) is 0. The van der Waals surface area contributed by atoms with Crippen molar-refractivity contribution in [1.29, 1.82) is 0 Å². The molecular weight excluding hydrogens is 610 g/mol. The number of aromatic hydroxyl groups is 1. The van der Waals surface area contributed by atoms with Gasteiger partial charge in [-0.3, -0.25) is 4.79 Å². The first-order chi connectivity index (χ1) is 24.0. The van der Waals surface area contributed by atoms with E-state index >= 15 is 0 Å². The van der Waals surface area contributed by atoms with Crippen LogP contribution in [0.25, 0.3) is 10.9 Å². The van der Waals surface area contributed by atoms with Gasteiger partial charge in [0.05, 0.1) is 38.4 Å². The zero-order chi connectivity index (χ0) is 33.6. The lowest BCUT2D eigenvalue weighted by atomic mass is 9.82. The molecule has 4 fully saturated rings. The Morgan fingerprint density at radius 3 is 2.47 bits per heavy atom. The Balaban J connectivity index is 0.853. The molecule has 4 aliphatic rings. The van der Waals surface area contributed by atoms with E-state index in [1.54, 1.807) is 12.1 Å². The van der Waals surface area contributed by atoms with Crippen LogP contribution in [0.4, 0.5) is 0 Å². The smallest absolute Gasteiger partial charge is 0.248 e. The number of phenolic OH excluding ortho intramolecular Hbond substituents is 1. The summed E-state index contributed by atoms with van der Waals surface area (Å²) in [4.78, 5) is 14.5. The lowest BCUT2D eigenvalue weighted by Crippen LogP contribution is -2.64. The first kappa shape index (κ1) is 33.8. The molecule has 1 aromatic heterocycles. The minimum Gasteiger partial charge on any atom is -0.506 e. The molecule has 3 atom stereocenters. The maximum absolute atomic E-state index is 11.7. The second-order valence-corrected chi connectivity index (χ2v) is 15.0. The third-order valence-corrected chi connectivity index (χ3v) is 12.0. The largest absolute Gasteiger partial charge is 0.506 e. The summed E-state index contributed by atoms with van der Waals surface area (Å²) in [5.74, 6) is 3.06. The van der Waals surface area contributed by atoms with E-state index in [1.165, 1.54) is 86.4 Å². The summed E-state index contributed by atoms with van der Waals surface area (Å²) in [5.41, 5.74) is 4.06. The van der Waals surface area contributed by atoms with E-state index < -0.39 is 0 Å². The second kappa shape index (κ2) is 15.5. The van der Waals surface area contributed by atoms with Gasteiger partial charge in [-0.15, -0.1) is 0 Å². The van der Waals surface area contributed by atoms with Crippen molar-refractivity contribution in [2.45, 2.75) is 76.4 Å². The standard InChI is InChI=1S/C42H53N3O4/c1-30(43-23-20-34-14-18-39(46)42-37(34)17-19-41(47)44-42)31-12-15-36(16-13-31)48-27-7-24-45-25-21-35(22-26-45)40(28-45)49-29-38(33-10-5-6-11-33)32-8-3-2-4-9-32/h2-4,8-9,12-19,30,33,35,38,40,43H,5-7,10-11,20-29H2,1H3,(H-,44,46,47)/p+1. The lowest BCUT2D eigenvalue weighted by Gasteiger charge is -2.52. The highest BCUT2D eigenvalue weighted by molar-refractivity contribution is 5.87. The monoisotopic (exact) mass is 664 g/mol. The molecule has 0 radical (unpaired) electrons. The summed E-state index contributed by atoms with van der Waals surface area (Å²) in [5, 5.41) is 14.7. The van der Waals surface area contributed by atoms with Crippen LogP contribution in [0.2, 0.25) is 0 Å². The van der Waals surface area contributed by atoms with E-state index in [9.17, 15) is 9.90 Å². The van der Waals surface area contributed by atoms with Crippen LogP contribution in [0.5, 0.6) is 11.5 Å². The third-order valence-electron chi connectivity index (χ3n) is 12.0. The number of phenols is 1. The maximum atomic E-state index is 11.7. The minimum absolute atomic E-state index is 0.0978. The molecule has 49 heavy (non-hydrogen) atoms. The Morgan fingerprint density at radius 1 is 0.918 bits per heavy atom. The van der Waals surface area contributed by atoms with E-state index in [1.807, 2.05) is 6.07 Å². The summed E-state index contributed by atoms with van der Waals surface area (Å²) in [6.07, 6.45) is 10.3. The molecule has 0 amide bonds. The molecule has 3 saturated heterocycles. The topological polar surface area (TPSA) is 83.6 Å². The number of quaternary nitrogens is 1. The quantitative estimate of drug-likeness (QED) is 0.0906. The van der Waals surface area contributed by atoms with Crippen LogP contribution >= 0.6 is 0 Å². The summed E-state index contributed by atoms with van der Waals surface area (Å²) in [6, 6.07) is 26.7. The van der Waals surface area contributed by atoms with Gasteiger partial charge in [0, 0.05) is 48.6 Å². The van der Waals surface area contributed by atoms with E-state index in [2.05, 4.69) is 71.8 Å². The number of piperidine rings is 3. The van der Waals surface area contributed by atoms with Crippen LogP contribution in [0.3, 0.4) is 0 Å². The van der Waals surface area contributed by atoms with Crippen LogP contribution in [-0.2, 0) is 11.2 Å². The van der Waals surface area contributed by atoms with Crippen molar-refractivity contribution in [1.82, 2.24) is 10.3 Å². The number of hydrogen-bond acceptors (Lipinski definition) is 5. The van der Waals surface area contributed by atoms with Gasteiger partial charge in [-0.1, -0.05) is 61.4 Å². The van der Waals surface area contributed by atoms with Crippen molar-refractivity contribution in [2.24, 2.45) is 11.8 Å². The van der Waals surface area contributed by atoms with Crippen LogP contribution in [-0.4, -0.2) is 66.6 Å². The van der Waals surface area contributed by atoms with Gasteiger partial charge in [0.15, 0.2) is 0 Å². The average molecular weight is 665 g/mol. The molecule has 2 bridgehead atoms. The van der Waals surface area contributed by atoms with Crippen LogP contribution in [0.1, 0.15) is 80.5 Å². The van der Waals surface area contributed by atoms with Crippen molar-refractivity contribution in [3.63, 3.8) is 0 Å². The van der Waals surface area contributed by atoms with Gasteiger partial charge < -0.3 is 29.4 Å². The zero-order valence-electron chi connectivity index (χ0n) is 29.1. The van der Waals surface area contributed by atoms with Gasteiger partial charge in [-0.05, 0) is 79.6 Å². The van der Waals surface area contributed by atoms with Crippen molar-refractivity contribution in [3.8, 4) is 11.5 Å². The normalized spacial score (nSPS) is 23.5. The Morgan fingerprint density at radius 2 is 1.69 bits per heavy atom. The van der Waals surface area contributed by atoms with Crippen molar-refractivity contribution >= 4 is 10.9 Å². The van der Waals surface area contributed by atoms with Crippen molar-refractivity contribution in [2.75, 3.05) is 45.9 Å². The summed E-state index contributed by atoms with van der Waals surface area (Å²) < 4.78 is 14.3. The molecule has 3 aromatic carbocycles. The number of benzene rings is 3. The molecule has 3 unspecified atom stereocenters. The molecule has 3 aliphatic heterocycles. The highest BCUT2D eigenvalue weighted by atomic mass is 16.5. The predicted octanol–water partition coefficient (Wildman–Crippen LogP) is 7.50. The molecule has 7 heteroatoms. The van der Waals surface area contributed by atoms with Gasteiger partial charge >= 0.3 is 0 Å². The van der Waals surface area contributed by atoms with Crippen molar-refractivity contribution in [3.05, 3.63) is 106 Å². The number of nitrogens with one attached hydrogen (secondary N) is 2. The van der Waals surface area contributed by atoms with E-state index in [4.69, 9.17) is 9.47 Å². The van der Waals surface area contributed by atoms with Crippen molar-refractivity contribution < 1.29 is 19.1 Å². The molecule has 8 rings (SSSR count). The molecule has 3 N–H and O–H groups in total. The molecule has 260 valence electrons. The Labute approximate surface area is 291 Å². The summed E-state index contributed by atoms with van der Waals surface area (Å²) in [6.45, 7) is 9.48. The molecule has 1 saturated carbocycles. The third kappa shape index (κ3) is 8.06. The minimum atomic E-state index is -0.213. The lowest BCUT2D eigenvalue weighted by molar-refractivity contribution is -0.946. The molecular formula is C42H54N3O4+. The number of H-pyrrole nitrogens is 1. The van der Waals surface area contributed by atoms with Crippen LogP contribution < -0.4 is 15.6 Å². The van der Waals surface area contributed by atoms with Gasteiger partial charge in [-0.25, -0.2) is 0 Å². The number of pyridine rings is 1. The first-order valence-electron chi connectivity index (χ1n) is 18.8. The Kier molecular flexibility index (Phi) is 10.7. The highest BCUT2D eigenvalue weighted by Gasteiger charge is 2.46. The Bertz CT molecular complexity index is 1710. The van der Waals surface area contributed by atoms with E-state index in [0.717, 1.165) is 61.1 Å². The first-order valence-corrected chi connectivity index (χ1v) is 18.8. The fourth-order valence-corrected chi connectivity index (χ4v) is 9.01. The number of ether oxygens (including phenoxy) is 2. The second-order valence-electron chi connectivity index (χ2n) is 15.0. The fourth-order valence-electron chi connectivity index (χ4n) is 9.01. The number of aromatic amines is 1. The fraction of sp³-hybridized carbons (Fsp3) is 0.500. The van der Waals surface area contributed by atoms with Gasteiger partial charge in [0.1, 0.15) is 24.1 Å². The molecule has 4 aromatic rings. The SMILES string of the molecule is CC(NCCc1ccc(O)c2[nH]c(=O)ccc12)c1ccc(OCCC[N+]23CCC(CC2)C(OCC(c2ccccc2)C2CCCC2)C3)cc1. The van der Waals surface area contributed by atoms with Gasteiger partial charge in [-0.2, -0.15) is 0 Å². The molecule has 1 aliphatic carbocycles. The number of rotatable bonds is 15. The Hall–Kier alpha value is -3.65. The van der Waals surface area contributed by atoms with Gasteiger partial charge in [0.2, 0.25) is 5.56 Å². The number of aromatic nitrogens is 1. The molecule has 7 nitrogen and oxygen atoms in total. The number of nitrogens with zero attached hydrogens (tertiary/aromatic N) is 1. The molecule has 4 heterocycles. The van der Waals surface area contributed by atoms with Crippen LogP contribution in [0, 0.1) is 11.8 Å². The number of hydrogen-bond donors (Lipinski definition) is 3. The maximum Gasteiger partial charge on any atom is 0.248 e. The average Bonchev–Trinajstić information content (AvgIpc) is 3.67. The summed E-state index contributed by atoms with van der Waals surface area (Å²) >= 11 is 0. The van der Waals surface area contributed by atoms with E-state index in [0.29, 0.717) is 17.5 Å². The predicted molar refractivity (Wildman–Crippen MR) is 196 cm³/mol. The number of fused-ring (bicyclic) bond motifs is 4. The van der Waals surface area contributed by atoms with E-state index in [-0.39, 0.29) is 17.4 Å². The molecule has 0 spiro atoms. The van der Waals surface area contributed by atoms with Crippen LogP contribution in [0.15, 0.2) is 83.7 Å². The van der Waals surface area contributed by atoms with Gasteiger partial charge in [0.25, 0.3) is 0 Å².